The number of rotatable bonds is 7. The molecular formula is C25H20BClN6OS. The van der Waals surface area contributed by atoms with Gasteiger partial charge in [-0.1, -0.05) is 24.0 Å². The number of aryl methyl sites for hydroxylation is 2. The number of nitrogens with zero attached hydrogens (tertiary/aromatic N) is 5. The molecule has 1 N–H and O–H groups in total. The third-order valence-electron chi connectivity index (χ3n) is 6.03. The van der Waals surface area contributed by atoms with Gasteiger partial charge in [0.25, 0.3) is 0 Å². The van der Waals surface area contributed by atoms with Gasteiger partial charge in [0, 0.05) is 34.6 Å². The van der Waals surface area contributed by atoms with Crippen molar-refractivity contribution >= 4 is 52.5 Å². The Morgan fingerprint density at radius 3 is 2.91 bits per heavy atom. The van der Waals surface area contributed by atoms with E-state index in [1.165, 1.54) is 21.7 Å². The number of ether oxygens (including phenoxy) is 1. The Bertz CT molecular complexity index is 1520. The molecule has 0 unspecified atom stereocenters. The van der Waals surface area contributed by atoms with Crippen molar-refractivity contribution in [3.63, 3.8) is 0 Å². The summed E-state index contributed by atoms with van der Waals surface area (Å²) in [5, 5.41) is 9.57. The van der Waals surface area contributed by atoms with E-state index >= 15 is 0 Å². The van der Waals surface area contributed by atoms with Gasteiger partial charge >= 0.3 is 0 Å². The molecule has 4 aromatic heterocycles. The van der Waals surface area contributed by atoms with E-state index in [0.29, 0.717) is 23.7 Å². The third-order valence-corrected chi connectivity index (χ3v) is 7.50. The molecule has 35 heavy (non-hydrogen) atoms. The summed E-state index contributed by atoms with van der Waals surface area (Å²) in [7, 11) is 5.76. The highest BCUT2D eigenvalue weighted by atomic mass is 35.5. The first kappa shape index (κ1) is 22.1. The molecule has 0 amide bonds. The van der Waals surface area contributed by atoms with E-state index in [4.69, 9.17) is 24.2 Å². The van der Waals surface area contributed by atoms with Gasteiger partial charge in [-0.05, 0) is 48.7 Å². The molecule has 10 heteroatoms. The standard InChI is InChI=1S/C25H20BClN6OS/c26-8-10-33-20-6-5-17-22-24(29-14-30-25(22)35-23(17)18(20)12-31-33)32-15-4-7-21(19(27)11-15)34-13-16-3-1-2-9-28-16/h1-4,7,9,11-12,14H,5-6,8,10,13H2,(H,29,30,32). The molecule has 4 heterocycles. The van der Waals surface area contributed by atoms with Crippen LogP contribution >= 0.6 is 22.9 Å². The highest BCUT2D eigenvalue weighted by molar-refractivity contribution is 7.22. The second-order valence-electron chi connectivity index (χ2n) is 8.21. The average Bonchev–Trinajstić information content (AvgIpc) is 3.46. The Morgan fingerprint density at radius 2 is 2.09 bits per heavy atom. The van der Waals surface area contributed by atoms with Crippen LogP contribution in [0.3, 0.4) is 0 Å². The summed E-state index contributed by atoms with van der Waals surface area (Å²) in [6, 6.07) is 11.3. The first-order chi connectivity index (χ1) is 17.2. The van der Waals surface area contributed by atoms with Crippen LogP contribution in [0.5, 0.6) is 5.75 Å². The Hall–Kier alpha value is -3.43. The van der Waals surface area contributed by atoms with Crippen molar-refractivity contribution in [3.8, 4) is 16.2 Å². The number of halogens is 1. The van der Waals surface area contributed by atoms with E-state index in [9.17, 15) is 0 Å². The zero-order chi connectivity index (χ0) is 23.8. The predicted molar refractivity (Wildman–Crippen MR) is 140 cm³/mol. The number of nitrogens with one attached hydrogen (secondary N) is 1. The van der Waals surface area contributed by atoms with Crippen molar-refractivity contribution in [1.82, 2.24) is 24.7 Å². The van der Waals surface area contributed by atoms with Gasteiger partial charge in [-0.2, -0.15) is 5.10 Å². The number of benzene rings is 1. The van der Waals surface area contributed by atoms with E-state index in [1.807, 2.05) is 47.3 Å². The second kappa shape index (κ2) is 9.32. The molecule has 6 rings (SSSR count). The van der Waals surface area contributed by atoms with Crippen LogP contribution in [-0.2, 0) is 26.0 Å². The fraction of sp³-hybridized carbons (Fsp3) is 0.200. The minimum absolute atomic E-state index is 0.352. The summed E-state index contributed by atoms with van der Waals surface area (Å²) in [4.78, 5) is 15.6. The Kier molecular flexibility index (Phi) is 5.87. The fourth-order valence-electron chi connectivity index (χ4n) is 4.43. The van der Waals surface area contributed by atoms with Crippen LogP contribution in [0.4, 0.5) is 11.5 Å². The summed E-state index contributed by atoms with van der Waals surface area (Å²) < 4.78 is 7.87. The Balaban J connectivity index is 1.28. The maximum absolute atomic E-state index is 6.52. The van der Waals surface area contributed by atoms with Crippen molar-refractivity contribution in [2.75, 3.05) is 5.32 Å². The summed E-state index contributed by atoms with van der Waals surface area (Å²) in [6.07, 6.45) is 7.67. The van der Waals surface area contributed by atoms with E-state index in [1.54, 1.807) is 23.9 Å². The second-order valence-corrected chi connectivity index (χ2v) is 9.62. The number of hydrogen-bond acceptors (Lipinski definition) is 7. The number of anilines is 2. The van der Waals surface area contributed by atoms with Crippen molar-refractivity contribution in [3.05, 3.63) is 77.1 Å². The van der Waals surface area contributed by atoms with E-state index in [0.717, 1.165) is 46.8 Å². The average molecular weight is 499 g/mol. The predicted octanol–water partition coefficient (Wildman–Crippen LogP) is 5.61. The minimum Gasteiger partial charge on any atom is -0.486 e. The lowest BCUT2D eigenvalue weighted by atomic mass is 9.95. The lowest BCUT2D eigenvalue weighted by Crippen LogP contribution is -2.09. The number of aromatic nitrogens is 5. The van der Waals surface area contributed by atoms with Gasteiger partial charge in [0.05, 0.1) is 30.1 Å². The molecule has 1 aromatic carbocycles. The molecule has 0 saturated carbocycles. The Labute approximate surface area is 212 Å². The molecule has 1 aliphatic carbocycles. The van der Waals surface area contributed by atoms with Gasteiger partial charge < -0.3 is 10.1 Å². The first-order valence-corrected chi connectivity index (χ1v) is 12.5. The van der Waals surface area contributed by atoms with E-state index < -0.39 is 0 Å². The number of pyridine rings is 1. The summed E-state index contributed by atoms with van der Waals surface area (Å²) >= 11 is 8.21. The first-order valence-electron chi connectivity index (χ1n) is 11.3. The maximum Gasteiger partial charge on any atom is 0.142 e. The molecule has 0 aliphatic heterocycles. The Morgan fingerprint density at radius 1 is 1.14 bits per heavy atom. The van der Waals surface area contributed by atoms with Crippen LogP contribution in [-0.4, -0.2) is 32.6 Å². The lowest BCUT2D eigenvalue weighted by Gasteiger charge is -2.16. The van der Waals surface area contributed by atoms with Gasteiger partial charge in [-0.3, -0.25) is 9.67 Å². The smallest absolute Gasteiger partial charge is 0.142 e. The fourth-order valence-corrected chi connectivity index (χ4v) is 5.89. The van der Waals surface area contributed by atoms with Crippen LogP contribution < -0.4 is 10.1 Å². The van der Waals surface area contributed by atoms with Crippen LogP contribution in [0.1, 0.15) is 17.0 Å². The normalized spacial score (nSPS) is 12.4. The molecule has 0 bridgehead atoms. The molecule has 172 valence electrons. The van der Waals surface area contributed by atoms with Crippen molar-refractivity contribution in [2.45, 2.75) is 32.3 Å². The van der Waals surface area contributed by atoms with Crippen molar-refractivity contribution in [1.29, 1.82) is 0 Å². The highest BCUT2D eigenvalue weighted by Gasteiger charge is 2.26. The molecule has 1 aliphatic rings. The SMILES string of the molecule is [B]CCn1ncc2c1CCc1c-2sc2ncnc(Nc3ccc(OCc4ccccn4)c(Cl)c3)c12. The van der Waals surface area contributed by atoms with Gasteiger partial charge in [0.1, 0.15) is 29.3 Å². The van der Waals surface area contributed by atoms with E-state index in [2.05, 4.69) is 25.4 Å². The number of fused-ring (bicyclic) bond motifs is 5. The summed E-state index contributed by atoms with van der Waals surface area (Å²) in [5.41, 5.74) is 5.34. The van der Waals surface area contributed by atoms with Crippen molar-refractivity contribution in [2.24, 2.45) is 0 Å². The quantitative estimate of drug-likeness (QED) is 0.294. The highest BCUT2D eigenvalue weighted by Crippen LogP contribution is 2.45. The van der Waals surface area contributed by atoms with Crippen LogP contribution in [0.25, 0.3) is 20.7 Å². The monoisotopic (exact) mass is 498 g/mol. The maximum atomic E-state index is 6.52. The van der Waals surface area contributed by atoms with Gasteiger partial charge in [0.15, 0.2) is 0 Å². The molecule has 0 saturated heterocycles. The van der Waals surface area contributed by atoms with Crippen LogP contribution in [0.15, 0.2) is 55.1 Å². The zero-order valence-electron chi connectivity index (χ0n) is 18.7. The molecule has 5 aromatic rings. The summed E-state index contributed by atoms with van der Waals surface area (Å²) in [6.45, 7) is 1.08. The number of thiophene rings is 1. The molecule has 0 fully saturated rings. The third kappa shape index (κ3) is 4.15. The molecular weight excluding hydrogens is 479 g/mol. The van der Waals surface area contributed by atoms with Crippen LogP contribution in [0.2, 0.25) is 11.3 Å². The topological polar surface area (TPSA) is 77.8 Å². The minimum atomic E-state index is 0.352. The molecule has 0 atom stereocenters. The van der Waals surface area contributed by atoms with Gasteiger partial charge in [-0.15, -0.1) is 11.3 Å². The lowest BCUT2D eigenvalue weighted by molar-refractivity contribution is 0.301. The molecule has 7 nitrogen and oxygen atoms in total. The van der Waals surface area contributed by atoms with Crippen LogP contribution in [0, 0.1) is 0 Å². The van der Waals surface area contributed by atoms with Gasteiger partial charge in [-0.25, -0.2) is 9.97 Å². The largest absolute Gasteiger partial charge is 0.486 e. The summed E-state index contributed by atoms with van der Waals surface area (Å²) in [5.74, 6) is 1.37. The van der Waals surface area contributed by atoms with E-state index in [-0.39, 0.29) is 0 Å². The van der Waals surface area contributed by atoms with Gasteiger partial charge in [0.2, 0.25) is 0 Å². The molecule has 0 spiro atoms. The molecule has 2 radical (unpaired) electrons. The zero-order valence-corrected chi connectivity index (χ0v) is 20.3. The van der Waals surface area contributed by atoms with Crippen molar-refractivity contribution < 1.29 is 4.74 Å². The number of hydrogen-bond donors (Lipinski definition) is 1.